The van der Waals surface area contributed by atoms with Gasteiger partial charge in [-0.1, -0.05) is 19.8 Å². The van der Waals surface area contributed by atoms with E-state index in [9.17, 15) is 5.11 Å². The predicted octanol–water partition coefficient (Wildman–Crippen LogP) is 2.13. The maximum absolute atomic E-state index is 9.47. The Morgan fingerprint density at radius 1 is 1.22 bits per heavy atom. The van der Waals surface area contributed by atoms with Gasteiger partial charge in [-0.25, -0.2) is 0 Å². The van der Waals surface area contributed by atoms with Crippen LogP contribution in [-0.2, 0) is 0 Å². The van der Waals surface area contributed by atoms with E-state index in [0.717, 1.165) is 31.2 Å². The topological polar surface area (TPSA) is 49.5 Å². The van der Waals surface area contributed by atoms with Gasteiger partial charge < -0.3 is 15.7 Å². The fraction of sp³-hybridized carbons (Fsp3) is 1.00. The number of nitrogens with zero attached hydrogens (tertiary/aromatic N) is 1. The van der Waals surface area contributed by atoms with E-state index in [0.29, 0.717) is 6.04 Å². The summed E-state index contributed by atoms with van der Waals surface area (Å²) in [4.78, 5) is 2.58. The summed E-state index contributed by atoms with van der Waals surface area (Å²) in [6, 6.07) is 1.30. The van der Waals surface area contributed by atoms with Gasteiger partial charge in [0.15, 0.2) is 0 Å². The molecular weight excluding hydrogens is 224 g/mol. The molecule has 2 aliphatic carbocycles. The van der Waals surface area contributed by atoms with Crippen LogP contribution >= 0.6 is 0 Å². The molecule has 3 N–H and O–H groups in total. The van der Waals surface area contributed by atoms with Crippen LogP contribution in [0.3, 0.4) is 0 Å². The van der Waals surface area contributed by atoms with Crippen molar-refractivity contribution in [3.63, 3.8) is 0 Å². The second-order valence-corrected chi connectivity index (χ2v) is 6.77. The molecular formula is C15H30N2O. The van der Waals surface area contributed by atoms with E-state index in [4.69, 9.17) is 5.73 Å². The van der Waals surface area contributed by atoms with Crippen molar-refractivity contribution in [2.45, 2.75) is 75.9 Å². The van der Waals surface area contributed by atoms with Gasteiger partial charge >= 0.3 is 0 Å². The largest absolute Gasteiger partial charge is 0.394 e. The summed E-state index contributed by atoms with van der Waals surface area (Å²) in [6.45, 7) is 2.53. The van der Waals surface area contributed by atoms with Crippen LogP contribution in [0.4, 0.5) is 0 Å². The van der Waals surface area contributed by atoms with Gasteiger partial charge in [0.2, 0.25) is 0 Å². The summed E-state index contributed by atoms with van der Waals surface area (Å²) >= 11 is 0. The Kier molecular flexibility index (Phi) is 4.68. The van der Waals surface area contributed by atoms with E-state index in [2.05, 4.69) is 18.9 Å². The van der Waals surface area contributed by atoms with Crippen molar-refractivity contribution in [1.82, 2.24) is 4.90 Å². The number of aliphatic hydroxyl groups is 1. The first-order valence-corrected chi connectivity index (χ1v) is 7.67. The van der Waals surface area contributed by atoms with Crippen molar-refractivity contribution < 1.29 is 5.11 Å². The van der Waals surface area contributed by atoms with Gasteiger partial charge in [-0.05, 0) is 51.5 Å². The second-order valence-electron chi connectivity index (χ2n) is 6.77. The molecule has 0 heterocycles. The van der Waals surface area contributed by atoms with E-state index >= 15 is 0 Å². The van der Waals surface area contributed by atoms with Crippen LogP contribution in [0, 0.1) is 5.92 Å². The molecule has 0 spiro atoms. The fourth-order valence-electron chi connectivity index (χ4n) is 4.03. The SMILES string of the molecule is CC1CCCCC1N(C)C1CCCC(N)(CO)C1. The first kappa shape index (κ1) is 14.3. The standard InChI is InChI=1S/C15H30N2O/c1-12-6-3-4-8-14(12)17(2)13-7-5-9-15(16,10-13)11-18/h12-14,18H,3-11,16H2,1-2H3. The monoisotopic (exact) mass is 254 g/mol. The first-order valence-electron chi connectivity index (χ1n) is 7.67. The molecule has 0 aromatic rings. The summed E-state index contributed by atoms with van der Waals surface area (Å²) in [6.07, 6.45) is 9.83. The van der Waals surface area contributed by atoms with Crippen molar-refractivity contribution in [3.05, 3.63) is 0 Å². The van der Waals surface area contributed by atoms with Crippen molar-refractivity contribution >= 4 is 0 Å². The molecule has 0 aromatic heterocycles. The quantitative estimate of drug-likeness (QED) is 0.811. The molecule has 2 rings (SSSR count). The molecule has 4 unspecified atom stereocenters. The Labute approximate surface area is 112 Å². The van der Waals surface area contributed by atoms with Crippen molar-refractivity contribution in [2.75, 3.05) is 13.7 Å². The zero-order valence-corrected chi connectivity index (χ0v) is 12.1. The average Bonchev–Trinajstić information content (AvgIpc) is 2.39. The third-order valence-electron chi connectivity index (χ3n) is 5.33. The number of nitrogens with two attached hydrogens (primary N) is 1. The minimum Gasteiger partial charge on any atom is -0.394 e. The van der Waals surface area contributed by atoms with Crippen LogP contribution in [-0.4, -0.2) is 41.3 Å². The number of hydrogen-bond acceptors (Lipinski definition) is 3. The molecule has 0 aromatic carbocycles. The highest BCUT2D eigenvalue weighted by Crippen LogP contribution is 2.34. The Balaban J connectivity index is 1.97. The van der Waals surface area contributed by atoms with Crippen LogP contribution < -0.4 is 5.73 Å². The summed E-state index contributed by atoms with van der Waals surface area (Å²) < 4.78 is 0. The maximum Gasteiger partial charge on any atom is 0.0611 e. The smallest absolute Gasteiger partial charge is 0.0611 e. The van der Waals surface area contributed by atoms with E-state index in [1.807, 2.05) is 0 Å². The van der Waals surface area contributed by atoms with E-state index < -0.39 is 0 Å². The lowest BCUT2D eigenvalue weighted by Gasteiger charge is -2.46. The molecule has 0 aliphatic heterocycles. The number of aliphatic hydroxyl groups excluding tert-OH is 1. The van der Waals surface area contributed by atoms with Crippen LogP contribution in [0.2, 0.25) is 0 Å². The zero-order valence-electron chi connectivity index (χ0n) is 12.1. The predicted molar refractivity (Wildman–Crippen MR) is 75.4 cm³/mol. The third-order valence-corrected chi connectivity index (χ3v) is 5.33. The van der Waals surface area contributed by atoms with Gasteiger partial charge in [0.05, 0.1) is 6.61 Å². The van der Waals surface area contributed by atoms with Crippen LogP contribution in [0.1, 0.15) is 58.3 Å². The molecule has 106 valence electrons. The summed E-state index contributed by atoms with van der Waals surface area (Å²) in [5.41, 5.74) is 5.95. The molecule has 2 aliphatic rings. The number of rotatable bonds is 3. The minimum absolute atomic E-state index is 0.136. The van der Waals surface area contributed by atoms with Crippen molar-refractivity contribution in [1.29, 1.82) is 0 Å². The molecule has 3 nitrogen and oxygen atoms in total. The van der Waals surface area contributed by atoms with Gasteiger partial charge in [-0.2, -0.15) is 0 Å². The fourth-order valence-corrected chi connectivity index (χ4v) is 4.03. The molecule has 0 amide bonds. The van der Waals surface area contributed by atoms with Gasteiger partial charge in [0, 0.05) is 17.6 Å². The van der Waals surface area contributed by atoms with Crippen LogP contribution in [0.25, 0.3) is 0 Å². The van der Waals surface area contributed by atoms with Crippen molar-refractivity contribution in [2.24, 2.45) is 11.7 Å². The first-order chi connectivity index (χ1) is 8.56. The highest BCUT2D eigenvalue weighted by molar-refractivity contribution is 4.95. The molecule has 4 atom stereocenters. The van der Waals surface area contributed by atoms with Gasteiger partial charge in [0.25, 0.3) is 0 Å². The number of hydrogen-bond donors (Lipinski definition) is 2. The maximum atomic E-state index is 9.47. The molecule has 2 saturated carbocycles. The lowest BCUT2D eigenvalue weighted by atomic mass is 9.77. The second kappa shape index (κ2) is 5.89. The highest BCUT2D eigenvalue weighted by Gasteiger charge is 2.37. The normalized spacial score (nSPS) is 42.2. The summed E-state index contributed by atoms with van der Waals surface area (Å²) in [5.74, 6) is 0.812. The molecule has 3 heteroatoms. The van der Waals surface area contributed by atoms with E-state index in [-0.39, 0.29) is 12.1 Å². The van der Waals surface area contributed by atoms with E-state index in [1.165, 1.54) is 32.1 Å². The summed E-state index contributed by atoms with van der Waals surface area (Å²) in [5, 5.41) is 9.47. The van der Waals surface area contributed by atoms with Crippen LogP contribution in [0.15, 0.2) is 0 Å². The van der Waals surface area contributed by atoms with E-state index in [1.54, 1.807) is 0 Å². The Bertz CT molecular complexity index is 271. The highest BCUT2D eigenvalue weighted by atomic mass is 16.3. The van der Waals surface area contributed by atoms with Gasteiger partial charge in [-0.15, -0.1) is 0 Å². The average molecular weight is 254 g/mol. The molecule has 0 bridgehead atoms. The minimum atomic E-state index is -0.324. The molecule has 0 saturated heterocycles. The Hall–Kier alpha value is -0.120. The molecule has 18 heavy (non-hydrogen) atoms. The van der Waals surface area contributed by atoms with Gasteiger partial charge in [0.1, 0.15) is 0 Å². The Morgan fingerprint density at radius 3 is 2.61 bits per heavy atom. The third kappa shape index (κ3) is 3.06. The lowest BCUT2D eigenvalue weighted by molar-refractivity contribution is 0.0424. The molecule has 0 radical (unpaired) electrons. The Morgan fingerprint density at radius 2 is 1.94 bits per heavy atom. The summed E-state index contributed by atoms with van der Waals surface area (Å²) in [7, 11) is 2.28. The molecule has 2 fully saturated rings. The zero-order chi connectivity index (χ0) is 13.2. The van der Waals surface area contributed by atoms with Gasteiger partial charge in [-0.3, -0.25) is 0 Å². The van der Waals surface area contributed by atoms with Crippen molar-refractivity contribution in [3.8, 4) is 0 Å². The van der Waals surface area contributed by atoms with Crippen LogP contribution in [0.5, 0.6) is 0 Å². The lowest BCUT2D eigenvalue weighted by Crippen LogP contribution is -2.55.